The van der Waals surface area contributed by atoms with Crippen molar-refractivity contribution in [1.29, 1.82) is 0 Å². The van der Waals surface area contributed by atoms with E-state index in [0.717, 1.165) is 11.8 Å². The fourth-order valence-corrected chi connectivity index (χ4v) is 1.87. The van der Waals surface area contributed by atoms with Gasteiger partial charge in [0.1, 0.15) is 0 Å². The van der Waals surface area contributed by atoms with Crippen LogP contribution in [0.1, 0.15) is 15.9 Å². The predicted molar refractivity (Wildman–Crippen MR) is 90.0 cm³/mol. The van der Waals surface area contributed by atoms with Gasteiger partial charge in [-0.15, -0.1) is 0 Å². The van der Waals surface area contributed by atoms with Crippen molar-refractivity contribution in [3.05, 3.63) is 69.8 Å². The first-order valence-electron chi connectivity index (χ1n) is 6.95. The third kappa shape index (κ3) is 4.07. The number of amidine groups is 1. The van der Waals surface area contributed by atoms with Gasteiger partial charge in [-0.1, -0.05) is 11.2 Å². The number of oxime groups is 1. The topological polar surface area (TPSA) is 111 Å². The van der Waals surface area contributed by atoms with Gasteiger partial charge in [-0.05, 0) is 30.3 Å². The van der Waals surface area contributed by atoms with Gasteiger partial charge in [-0.3, -0.25) is 10.1 Å². The Bertz CT molecular complexity index is 785. The predicted octanol–water partition coefficient (Wildman–Crippen LogP) is 2.14. The molecule has 0 saturated carbocycles. The second-order valence-corrected chi connectivity index (χ2v) is 5.10. The summed E-state index contributed by atoms with van der Waals surface area (Å²) in [7, 11) is 3.82. The molecule has 0 unspecified atom stereocenters. The fourth-order valence-electron chi connectivity index (χ4n) is 1.87. The summed E-state index contributed by atoms with van der Waals surface area (Å²) in [5.41, 5.74) is 7.16. The van der Waals surface area contributed by atoms with E-state index in [1.165, 1.54) is 18.2 Å². The first-order valence-corrected chi connectivity index (χ1v) is 6.95. The molecule has 2 rings (SSSR count). The van der Waals surface area contributed by atoms with Gasteiger partial charge < -0.3 is 15.5 Å². The lowest BCUT2D eigenvalue weighted by Gasteiger charge is -2.12. The summed E-state index contributed by atoms with van der Waals surface area (Å²) in [5, 5.41) is 14.3. The van der Waals surface area contributed by atoms with E-state index >= 15 is 0 Å². The quantitative estimate of drug-likeness (QED) is 0.296. The van der Waals surface area contributed by atoms with Crippen molar-refractivity contribution in [2.45, 2.75) is 0 Å². The molecule has 0 heterocycles. The summed E-state index contributed by atoms with van der Waals surface area (Å²) in [4.78, 5) is 28.7. The van der Waals surface area contributed by atoms with Gasteiger partial charge in [-0.25, -0.2) is 4.79 Å². The maximum Gasteiger partial charge on any atom is 0.366 e. The number of nitrogens with zero attached hydrogens (tertiary/aromatic N) is 3. The number of rotatable bonds is 5. The molecule has 124 valence electrons. The molecular weight excluding hydrogens is 312 g/mol. The molecular formula is C16H16N4O4. The van der Waals surface area contributed by atoms with Crippen molar-refractivity contribution in [2.24, 2.45) is 10.9 Å². The zero-order valence-corrected chi connectivity index (χ0v) is 13.2. The zero-order valence-electron chi connectivity index (χ0n) is 13.2. The Labute approximate surface area is 138 Å². The highest BCUT2D eigenvalue weighted by Gasteiger charge is 2.13. The van der Waals surface area contributed by atoms with Crippen LogP contribution < -0.4 is 10.6 Å². The Morgan fingerprint density at radius 1 is 1.17 bits per heavy atom. The molecule has 0 aliphatic carbocycles. The number of non-ortho nitro benzene ring substituents is 1. The number of anilines is 1. The van der Waals surface area contributed by atoms with Gasteiger partial charge in [0.15, 0.2) is 5.84 Å². The van der Waals surface area contributed by atoms with Crippen LogP contribution in [0.15, 0.2) is 53.7 Å². The Kier molecular flexibility index (Phi) is 5.10. The molecule has 2 aromatic rings. The molecule has 0 aliphatic rings. The van der Waals surface area contributed by atoms with E-state index in [1.54, 1.807) is 12.1 Å². The minimum atomic E-state index is -0.827. The average molecular weight is 328 g/mol. The molecule has 2 N–H and O–H groups in total. The number of nitrogens with two attached hydrogens (primary N) is 1. The van der Waals surface area contributed by atoms with Gasteiger partial charge in [0.05, 0.1) is 10.5 Å². The third-order valence-electron chi connectivity index (χ3n) is 3.20. The Morgan fingerprint density at radius 3 is 2.42 bits per heavy atom. The number of nitro groups is 1. The Hall–Kier alpha value is -3.42. The third-order valence-corrected chi connectivity index (χ3v) is 3.20. The lowest BCUT2D eigenvalue weighted by molar-refractivity contribution is -0.384. The largest absolute Gasteiger partial charge is 0.380 e. The Balaban J connectivity index is 2.10. The first-order chi connectivity index (χ1) is 11.4. The number of carbonyl (C=O) groups is 1. The SMILES string of the molecule is CN(C)c1ccc(/C(N)=N\OC(=O)c2cccc([N+](=O)[O-])c2)cc1. The van der Waals surface area contributed by atoms with Crippen LogP contribution in [0, 0.1) is 10.1 Å². The van der Waals surface area contributed by atoms with E-state index < -0.39 is 10.9 Å². The zero-order chi connectivity index (χ0) is 17.7. The number of nitro benzene ring substituents is 1. The molecule has 0 bridgehead atoms. The van der Waals surface area contributed by atoms with Gasteiger partial charge in [0, 0.05) is 37.5 Å². The molecule has 24 heavy (non-hydrogen) atoms. The average Bonchev–Trinajstić information content (AvgIpc) is 2.59. The standard InChI is InChI=1S/C16H16N4O4/c1-19(2)13-8-6-11(7-9-13)15(17)18-24-16(21)12-4-3-5-14(10-12)20(22)23/h3-10H,1-2H3,(H2,17,18). The van der Waals surface area contributed by atoms with Crippen molar-refractivity contribution in [3.8, 4) is 0 Å². The Morgan fingerprint density at radius 2 is 1.83 bits per heavy atom. The maximum atomic E-state index is 11.9. The van der Waals surface area contributed by atoms with Gasteiger partial charge >= 0.3 is 5.97 Å². The highest BCUT2D eigenvalue weighted by atomic mass is 16.7. The summed E-state index contributed by atoms with van der Waals surface area (Å²) in [5.74, 6) is -0.800. The molecule has 0 spiro atoms. The number of hydrogen-bond donors (Lipinski definition) is 1. The van der Waals surface area contributed by atoms with Gasteiger partial charge in [0.25, 0.3) is 5.69 Å². The molecule has 8 nitrogen and oxygen atoms in total. The van der Waals surface area contributed by atoms with E-state index in [-0.39, 0.29) is 17.1 Å². The second kappa shape index (κ2) is 7.23. The van der Waals surface area contributed by atoms with Crippen molar-refractivity contribution in [1.82, 2.24) is 0 Å². The summed E-state index contributed by atoms with van der Waals surface area (Å²) >= 11 is 0. The van der Waals surface area contributed by atoms with E-state index in [2.05, 4.69) is 5.16 Å². The van der Waals surface area contributed by atoms with E-state index in [9.17, 15) is 14.9 Å². The molecule has 8 heteroatoms. The molecule has 0 fully saturated rings. The number of benzene rings is 2. The molecule has 0 aromatic heterocycles. The van der Waals surface area contributed by atoms with Crippen LogP contribution in [-0.4, -0.2) is 30.8 Å². The van der Waals surface area contributed by atoms with Crippen molar-refractivity contribution in [2.75, 3.05) is 19.0 Å². The van der Waals surface area contributed by atoms with E-state index in [1.807, 2.05) is 31.1 Å². The van der Waals surface area contributed by atoms with Crippen molar-refractivity contribution in [3.63, 3.8) is 0 Å². The molecule has 0 amide bonds. The lowest BCUT2D eigenvalue weighted by atomic mass is 10.2. The van der Waals surface area contributed by atoms with Crippen LogP contribution >= 0.6 is 0 Å². The van der Waals surface area contributed by atoms with Crippen LogP contribution in [0.25, 0.3) is 0 Å². The van der Waals surface area contributed by atoms with Crippen LogP contribution in [0.3, 0.4) is 0 Å². The van der Waals surface area contributed by atoms with Crippen LogP contribution in [0.5, 0.6) is 0 Å². The van der Waals surface area contributed by atoms with Crippen molar-refractivity contribution >= 4 is 23.2 Å². The smallest absolute Gasteiger partial charge is 0.366 e. The number of hydrogen-bond acceptors (Lipinski definition) is 6. The molecule has 0 aliphatic heterocycles. The summed E-state index contributed by atoms with van der Waals surface area (Å²) in [6, 6.07) is 12.4. The number of carbonyl (C=O) groups excluding carboxylic acids is 1. The van der Waals surface area contributed by atoms with Gasteiger partial charge in [0.2, 0.25) is 0 Å². The van der Waals surface area contributed by atoms with Gasteiger partial charge in [-0.2, -0.15) is 0 Å². The second-order valence-electron chi connectivity index (χ2n) is 5.10. The minimum Gasteiger partial charge on any atom is -0.380 e. The molecule has 2 aromatic carbocycles. The highest BCUT2D eigenvalue weighted by Crippen LogP contribution is 2.15. The molecule has 0 saturated heterocycles. The maximum absolute atomic E-state index is 11.9. The van der Waals surface area contributed by atoms with E-state index in [4.69, 9.17) is 10.6 Å². The van der Waals surface area contributed by atoms with Crippen molar-refractivity contribution < 1.29 is 14.6 Å². The summed E-state index contributed by atoms with van der Waals surface area (Å²) in [6.07, 6.45) is 0. The monoisotopic (exact) mass is 328 g/mol. The highest BCUT2D eigenvalue weighted by molar-refractivity contribution is 5.98. The summed E-state index contributed by atoms with van der Waals surface area (Å²) < 4.78 is 0. The van der Waals surface area contributed by atoms with Crippen LogP contribution in [-0.2, 0) is 4.84 Å². The van der Waals surface area contributed by atoms with Crippen LogP contribution in [0.2, 0.25) is 0 Å². The molecule has 0 atom stereocenters. The van der Waals surface area contributed by atoms with E-state index in [0.29, 0.717) is 5.56 Å². The fraction of sp³-hybridized carbons (Fsp3) is 0.125. The first kappa shape index (κ1) is 16.9. The lowest BCUT2D eigenvalue weighted by Crippen LogP contribution is -2.16. The minimum absolute atomic E-state index is 0.0173. The molecule has 0 radical (unpaired) electrons. The normalized spacial score (nSPS) is 11.0. The summed E-state index contributed by atoms with van der Waals surface area (Å²) in [6.45, 7) is 0. The van der Waals surface area contributed by atoms with Crippen LogP contribution in [0.4, 0.5) is 11.4 Å².